The van der Waals surface area contributed by atoms with Crippen molar-refractivity contribution in [2.45, 2.75) is 30.8 Å². The molecule has 5 N–H and O–H groups in total. The van der Waals surface area contributed by atoms with Crippen LogP contribution in [0.4, 0.5) is 0 Å². The van der Waals surface area contributed by atoms with Crippen LogP contribution in [0.5, 0.6) is 0 Å². The van der Waals surface area contributed by atoms with Gasteiger partial charge in [0.05, 0.1) is 12.2 Å². The molecule has 0 aliphatic heterocycles. The van der Waals surface area contributed by atoms with Crippen LogP contribution in [0.15, 0.2) is 0 Å². The molecule has 1 unspecified atom stereocenters. The summed E-state index contributed by atoms with van der Waals surface area (Å²) >= 11 is 0. The van der Waals surface area contributed by atoms with Crippen LogP contribution in [0.2, 0.25) is 0 Å². The third kappa shape index (κ3) is 1.60. The maximum atomic E-state index is 9.24. The SMILES string of the molecule is OC[C@H]1CC(O)[C@H](O)[C@@H](O)[C@@H]1O. The van der Waals surface area contributed by atoms with Crippen molar-refractivity contribution >= 4 is 0 Å². The first-order valence-electron chi connectivity index (χ1n) is 3.91. The predicted molar refractivity (Wildman–Crippen MR) is 39.2 cm³/mol. The lowest BCUT2D eigenvalue weighted by Crippen LogP contribution is -2.54. The van der Waals surface area contributed by atoms with E-state index in [0.29, 0.717) is 0 Å². The van der Waals surface area contributed by atoms with Crippen LogP contribution in [0.1, 0.15) is 6.42 Å². The number of hydrogen-bond donors (Lipinski definition) is 5. The average molecular weight is 178 g/mol. The van der Waals surface area contributed by atoms with Gasteiger partial charge in [0.2, 0.25) is 0 Å². The molecule has 1 saturated carbocycles. The fourth-order valence-electron chi connectivity index (χ4n) is 1.48. The van der Waals surface area contributed by atoms with Crippen molar-refractivity contribution in [3.8, 4) is 0 Å². The second-order valence-corrected chi connectivity index (χ2v) is 3.22. The fraction of sp³-hybridized carbons (Fsp3) is 1.00. The topological polar surface area (TPSA) is 101 Å². The maximum absolute atomic E-state index is 9.24. The van der Waals surface area contributed by atoms with E-state index in [1.165, 1.54) is 0 Å². The molecule has 0 saturated heterocycles. The van der Waals surface area contributed by atoms with E-state index in [-0.39, 0.29) is 13.0 Å². The van der Waals surface area contributed by atoms with Crippen LogP contribution < -0.4 is 0 Å². The molecule has 0 aromatic carbocycles. The van der Waals surface area contributed by atoms with E-state index in [0.717, 1.165) is 0 Å². The molecule has 1 aliphatic rings. The minimum Gasteiger partial charge on any atom is -0.396 e. The van der Waals surface area contributed by atoms with Gasteiger partial charge in [-0.3, -0.25) is 0 Å². The summed E-state index contributed by atoms with van der Waals surface area (Å²) < 4.78 is 0. The third-order valence-electron chi connectivity index (χ3n) is 2.36. The maximum Gasteiger partial charge on any atom is 0.109 e. The summed E-state index contributed by atoms with van der Waals surface area (Å²) in [4.78, 5) is 0. The molecular formula is C7H14O5. The average Bonchev–Trinajstić information content (AvgIpc) is 2.08. The zero-order valence-electron chi connectivity index (χ0n) is 6.54. The fourth-order valence-corrected chi connectivity index (χ4v) is 1.48. The molecule has 0 aromatic rings. The molecular weight excluding hydrogens is 164 g/mol. The smallest absolute Gasteiger partial charge is 0.109 e. The standard InChI is InChI=1S/C7H14O5/c8-2-3-1-4(9)6(11)7(12)5(3)10/h3-12H,1-2H2/t3-,4?,5-,6+,7+/m1/s1. The summed E-state index contributed by atoms with van der Waals surface area (Å²) in [5.74, 6) is -0.557. The molecule has 5 atom stereocenters. The van der Waals surface area contributed by atoms with Crippen LogP contribution in [0.25, 0.3) is 0 Å². The first kappa shape index (κ1) is 9.88. The minimum atomic E-state index is -1.37. The van der Waals surface area contributed by atoms with Gasteiger partial charge in [0.1, 0.15) is 12.2 Å². The van der Waals surface area contributed by atoms with Gasteiger partial charge in [0.15, 0.2) is 0 Å². The van der Waals surface area contributed by atoms with Crippen LogP contribution >= 0.6 is 0 Å². The molecule has 1 aliphatic carbocycles. The zero-order chi connectivity index (χ0) is 9.30. The van der Waals surface area contributed by atoms with Gasteiger partial charge in [0.25, 0.3) is 0 Å². The highest BCUT2D eigenvalue weighted by Crippen LogP contribution is 2.25. The van der Waals surface area contributed by atoms with Crippen LogP contribution in [-0.4, -0.2) is 56.6 Å². The van der Waals surface area contributed by atoms with Gasteiger partial charge in [-0.25, -0.2) is 0 Å². The van der Waals surface area contributed by atoms with E-state index in [9.17, 15) is 5.11 Å². The lowest BCUT2D eigenvalue weighted by molar-refractivity contribution is -0.163. The number of rotatable bonds is 1. The summed E-state index contributed by atoms with van der Waals surface area (Å²) in [7, 11) is 0. The van der Waals surface area contributed by atoms with Gasteiger partial charge in [0, 0.05) is 12.5 Å². The lowest BCUT2D eigenvalue weighted by atomic mass is 9.81. The van der Waals surface area contributed by atoms with E-state index in [2.05, 4.69) is 0 Å². The summed E-state index contributed by atoms with van der Waals surface area (Å²) in [6.45, 7) is -0.304. The summed E-state index contributed by atoms with van der Waals surface area (Å²) in [6.07, 6.45) is -4.81. The van der Waals surface area contributed by atoms with Gasteiger partial charge < -0.3 is 25.5 Å². The van der Waals surface area contributed by atoms with Gasteiger partial charge >= 0.3 is 0 Å². The Labute approximate surface area is 69.9 Å². The monoisotopic (exact) mass is 178 g/mol. The highest BCUT2D eigenvalue weighted by Gasteiger charge is 2.41. The summed E-state index contributed by atoms with van der Waals surface area (Å²) in [5.41, 5.74) is 0. The Balaban J connectivity index is 2.63. The zero-order valence-corrected chi connectivity index (χ0v) is 6.54. The number of aliphatic hydroxyl groups is 5. The van der Waals surface area contributed by atoms with Crippen molar-refractivity contribution in [1.82, 2.24) is 0 Å². The highest BCUT2D eigenvalue weighted by atomic mass is 16.4. The highest BCUT2D eigenvalue weighted by molar-refractivity contribution is 4.91. The van der Waals surface area contributed by atoms with E-state index < -0.39 is 30.3 Å². The van der Waals surface area contributed by atoms with E-state index in [1.54, 1.807) is 0 Å². The first-order chi connectivity index (χ1) is 5.57. The Morgan fingerprint density at radius 1 is 0.917 bits per heavy atom. The van der Waals surface area contributed by atoms with E-state index in [1.807, 2.05) is 0 Å². The molecule has 12 heavy (non-hydrogen) atoms. The molecule has 0 bridgehead atoms. The van der Waals surface area contributed by atoms with E-state index in [4.69, 9.17) is 20.4 Å². The first-order valence-corrected chi connectivity index (χ1v) is 3.91. The van der Waals surface area contributed by atoms with Crippen molar-refractivity contribution in [1.29, 1.82) is 0 Å². The van der Waals surface area contributed by atoms with Crippen LogP contribution in [0.3, 0.4) is 0 Å². The summed E-state index contributed by atoms with van der Waals surface area (Å²) in [5, 5.41) is 45.3. The van der Waals surface area contributed by atoms with E-state index >= 15 is 0 Å². The lowest BCUT2D eigenvalue weighted by Gasteiger charge is -2.37. The Bertz CT molecular complexity index is 146. The Morgan fingerprint density at radius 2 is 1.50 bits per heavy atom. The molecule has 72 valence electrons. The van der Waals surface area contributed by atoms with Crippen LogP contribution in [0, 0.1) is 5.92 Å². The van der Waals surface area contributed by atoms with Crippen LogP contribution in [-0.2, 0) is 0 Å². The van der Waals surface area contributed by atoms with Gasteiger partial charge in [-0.15, -0.1) is 0 Å². The molecule has 0 amide bonds. The second-order valence-electron chi connectivity index (χ2n) is 3.22. The molecule has 5 nitrogen and oxygen atoms in total. The molecule has 0 aromatic heterocycles. The molecule has 1 fully saturated rings. The third-order valence-corrected chi connectivity index (χ3v) is 2.36. The van der Waals surface area contributed by atoms with Gasteiger partial charge in [-0.05, 0) is 6.42 Å². The number of hydrogen-bond acceptors (Lipinski definition) is 5. The summed E-state index contributed by atoms with van der Waals surface area (Å²) in [6, 6.07) is 0. The van der Waals surface area contributed by atoms with Crippen molar-refractivity contribution in [2.75, 3.05) is 6.61 Å². The largest absolute Gasteiger partial charge is 0.396 e. The predicted octanol–water partition coefficient (Wildman–Crippen LogP) is -2.56. The van der Waals surface area contributed by atoms with Crippen molar-refractivity contribution in [3.05, 3.63) is 0 Å². The Kier molecular flexibility index (Phi) is 3.03. The van der Waals surface area contributed by atoms with Gasteiger partial charge in [-0.1, -0.05) is 0 Å². The molecule has 5 heteroatoms. The molecule has 1 rings (SSSR count). The van der Waals surface area contributed by atoms with Gasteiger partial charge in [-0.2, -0.15) is 0 Å². The van der Waals surface area contributed by atoms with Crippen molar-refractivity contribution < 1.29 is 25.5 Å². The number of aliphatic hydroxyl groups excluding tert-OH is 5. The quantitative estimate of drug-likeness (QED) is 0.304. The molecule has 0 heterocycles. The molecule has 0 radical (unpaired) electrons. The second kappa shape index (κ2) is 3.68. The normalized spacial score (nSPS) is 49.2. The molecule has 0 spiro atoms. The Morgan fingerprint density at radius 3 is 2.00 bits per heavy atom. The van der Waals surface area contributed by atoms with Crippen molar-refractivity contribution in [2.24, 2.45) is 5.92 Å². The Hall–Kier alpha value is -0.200. The minimum absolute atomic E-state index is 0.107. The van der Waals surface area contributed by atoms with Crippen molar-refractivity contribution in [3.63, 3.8) is 0 Å².